The maximum Gasteiger partial charge on any atom is 0.303 e. The number of carbonyl (C=O) groups is 2. The predicted octanol–water partition coefficient (Wildman–Crippen LogP) is 6.33. The molecule has 0 aliphatic rings. The van der Waals surface area contributed by atoms with Gasteiger partial charge in [0.25, 0.3) is 0 Å². The van der Waals surface area contributed by atoms with Gasteiger partial charge in [-0.2, -0.15) is 0 Å². The van der Waals surface area contributed by atoms with Crippen molar-refractivity contribution in [2.75, 3.05) is 0 Å². The van der Waals surface area contributed by atoms with Crippen molar-refractivity contribution in [2.24, 2.45) is 0 Å². The number of benzene rings is 1. The Hall–Kier alpha value is -1.94. The number of hydrogen-bond acceptors (Lipinski definition) is 3. The minimum Gasteiger partial charge on any atom is -0.481 e. The summed E-state index contributed by atoms with van der Waals surface area (Å²) in [5.41, 5.74) is -0.761. The highest BCUT2D eigenvalue weighted by Gasteiger charge is 2.34. The van der Waals surface area contributed by atoms with Crippen molar-refractivity contribution < 1.29 is 19.8 Å². The van der Waals surface area contributed by atoms with Crippen LogP contribution in [0.4, 0.5) is 0 Å². The molecule has 29 heavy (non-hydrogen) atoms. The predicted molar refractivity (Wildman–Crippen MR) is 118 cm³/mol. The second kappa shape index (κ2) is 15.0. The molecule has 4 nitrogen and oxygen atoms in total. The van der Waals surface area contributed by atoms with Gasteiger partial charge in [-0.3, -0.25) is 9.59 Å². The van der Waals surface area contributed by atoms with Gasteiger partial charge in [-0.05, 0) is 25.7 Å². The van der Waals surface area contributed by atoms with Crippen molar-refractivity contribution in [3.05, 3.63) is 48.0 Å². The summed E-state index contributed by atoms with van der Waals surface area (Å²) in [5.74, 6) is -0.905. The van der Waals surface area contributed by atoms with E-state index in [1.54, 1.807) is 12.1 Å². The molecule has 1 aromatic rings. The topological polar surface area (TPSA) is 74.6 Å². The number of aliphatic carboxylic acids is 1. The van der Waals surface area contributed by atoms with Crippen LogP contribution in [0.25, 0.3) is 0 Å². The Balaban J connectivity index is 2.45. The maximum absolute atomic E-state index is 12.9. The van der Waals surface area contributed by atoms with Crippen LogP contribution in [0.5, 0.6) is 0 Å². The Morgan fingerprint density at radius 3 is 2.24 bits per heavy atom. The second-order valence-electron chi connectivity index (χ2n) is 7.91. The fraction of sp³-hybridized carbons (Fsp3) is 0.600. The van der Waals surface area contributed by atoms with Crippen molar-refractivity contribution in [1.82, 2.24) is 0 Å². The number of allylic oxidation sites excluding steroid dienone is 1. The first kappa shape index (κ1) is 25.1. The van der Waals surface area contributed by atoms with Crippen LogP contribution < -0.4 is 0 Å². The summed E-state index contributed by atoms with van der Waals surface area (Å²) in [7, 11) is 0. The van der Waals surface area contributed by atoms with Gasteiger partial charge < -0.3 is 10.2 Å². The highest BCUT2D eigenvalue weighted by atomic mass is 16.4. The largest absolute Gasteiger partial charge is 0.481 e. The van der Waals surface area contributed by atoms with Gasteiger partial charge in [0.15, 0.2) is 5.78 Å². The molecule has 1 atom stereocenters. The summed E-state index contributed by atoms with van der Waals surface area (Å²) in [6.45, 7) is 2.15. The molecule has 0 amide bonds. The molecule has 1 aromatic carbocycles. The highest BCUT2D eigenvalue weighted by Crippen LogP contribution is 2.25. The summed E-state index contributed by atoms with van der Waals surface area (Å²) < 4.78 is 0. The van der Waals surface area contributed by atoms with E-state index in [-0.39, 0.29) is 12.2 Å². The average Bonchev–Trinajstić information content (AvgIpc) is 2.72. The molecule has 0 aromatic heterocycles. The van der Waals surface area contributed by atoms with E-state index in [0.29, 0.717) is 18.4 Å². The Kier molecular flexibility index (Phi) is 13.0. The van der Waals surface area contributed by atoms with Crippen molar-refractivity contribution in [3.63, 3.8) is 0 Å². The van der Waals surface area contributed by atoms with Crippen LogP contribution in [0.2, 0.25) is 0 Å². The summed E-state index contributed by atoms with van der Waals surface area (Å²) >= 11 is 0. The third-order valence-electron chi connectivity index (χ3n) is 5.29. The average molecular weight is 403 g/mol. The zero-order valence-corrected chi connectivity index (χ0v) is 17.9. The van der Waals surface area contributed by atoms with Crippen LogP contribution >= 0.6 is 0 Å². The van der Waals surface area contributed by atoms with Gasteiger partial charge in [0.05, 0.1) is 0 Å². The quantitative estimate of drug-likeness (QED) is 0.181. The lowest BCUT2D eigenvalue weighted by molar-refractivity contribution is -0.137. The Morgan fingerprint density at radius 1 is 0.897 bits per heavy atom. The van der Waals surface area contributed by atoms with Crippen molar-refractivity contribution in [1.29, 1.82) is 0 Å². The molecule has 0 fully saturated rings. The van der Waals surface area contributed by atoms with E-state index in [2.05, 4.69) is 13.0 Å². The fourth-order valence-electron chi connectivity index (χ4n) is 3.48. The van der Waals surface area contributed by atoms with E-state index >= 15 is 0 Å². The van der Waals surface area contributed by atoms with Crippen LogP contribution in [0, 0.1) is 0 Å². The zero-order chi connectivity index (χ0) is 21.4. The zero-order valence-electron chi connectivity index (χ0n) is 17.9. The molecular formula is C25H38O4. The van der Waals surface area contributed by atoms with E-state index in [0.717, 1.165) is 64.2 Å². The first-order chi connectivity index (χ1) is 14.0. The van der Waals surface area contributed by atoms with Gasteiger partial charge in [-0.15, -0.1) is 0 Å². The van der Waals surface area contributed by atoms with Gasteiger partial charge in [-0.25, -0.2) is 0 Å². The number of carboxylic acids is 1. The second-order valence-corrected chi connectivity index (χ2v) is 7.91. The van der Waals surface area contributed by atoms with Crippen molar-refractivity contribution in [2.45, 2.75) is 96.0 Å². The summed E-state index contributed by atoms with van der Waals surface area (Å²) in [6.07, 6.45) is 15.1. The first-order valence-corrected chi connectivity index (χ1v) is 11.2. The smallest absolute Gasteiger partial charge is 0.303 e. The molecule has 0 saturated carbocycles. The van der Waals surface area contributed by atoms with Gasteiger partial charge in [0.2, 0.25) is 0 Å². The molecule has 0 saturated heterocycles. The maximum atomic E-state index is 12.9. The van der Waals surface area contributed by atoms with Gasteiger partial charge in [0, 0.05) is 18.4 Å². The number of ketones is 1. The molecule has 0 aliphatic carbocycles. The number of carboxylic acid groups (broad SMARTS) is 1. The van der Waals surface area contributed by atoms with E-state index in [9.17, 15) is 14.7 Å². The molecule has 4 heteroatoms. The molecule has 0 aliphatic heterocycles. The standard InChI is InChI=1S/C25H38O4/c1-2-3-4-15-20-25(29,24(28)22-17-12-11-13-18-22)21-16-10-8-6-5-7-9-14-19-23(26)27/h10-13,16-18,29H,2-9,14-15,19-21H2,1H3,(H,26,27)/t25-/m1/s1. The van der Waals surface area contributed by atoms with E-state index in [4.69, 9.17) is 5.11 Å². The minimum atomic E-state index is -1.33. The van der Waals surface area contributed by atoms with Gasteiger partial charge in [-0.1, -0.05) is 94.4 Å². The number of hydrogen-bond donors (Lipinski definition) is 2. The molecule has 0 spiro atoms. The minimum absolute atomic E-state index is 0.183. The van der Waals surface area contributed by atoms with E-state index in [1.807, 2.05) is 24.3 Å². The molecular weight excluding hydrogens is 364 g/mol. The Bertz CT molecular complexity index is 609. The van der Waals surface area contributed by atoms with Gasteiger partial charge in [0.1, 0.15) is 5.60 Å². The fourth-order valence-corrected chi connectivity index (χ4v) is 3.48. The van der Waals surface area contributed by atoms with Crippen molar-refractivity contribution in [3.8, 4) is 0 Å². The summed E-state index contributed by atoms with van der Waals surface area (Å²) in [4.78, 5) is 23.4. The molecule has 0 unspecified atom stereocenters. The molecule has 1 rings (SSSR count). The molecule has 0 heterocycles. The van der Waals surface area contributed by atoms with Gasteiger partial charge >= 0.3 is 5.97 Å². The SMILES string of the molecule is CCCCCC[C@@](O)(CC=CCCCCCCCC(=O)O)C(=O)c1ccccc1. The highest BCUT2D eigenvalue weighted by molar-refractivity contribution is 6.02. The summed E-state index contributed by atoms with van der Waals surface area (Å²) in [5, 5.41) is 19.7. The Labute approximate surface area is 176 Å². The molecule has 2 N–H and O–H groups in total. The molecule has 162 valence electrons. The monoisotopic (exact) mass is 402 g/mol. The number of unbranched alkanes of at least 4 members (excludes halogenated alkanes) is 8. The third-order valence-corrected chi connectivity index (χ3v) is 5.29. The van der Waals surface area contributed by atoms with E-state index < -0.39 is 11.6 Å². The Morgan fingerprint density at radius 2 is 1.55 bits per heavy atom. The lowest BCUT2D eigenvalue weighted by atomic mass is 9.84. The van der Waals surface area contributed by atoms with Crippen molar-refractivity contribution >= 4 is 11.8 Å². The van der Waals surface area contributed by atoms with E-state index in [1.165, 1.54) is 0 Å². The van der Waals surface area contributed by atoms with Crippen LogP contribution in [-0.4, -0.2) is 27.6 Å². The first-order valence-electron chi connectivity index (χ1n) is 11.2. The number of carbonyl (C=O) groups excluding carboxylic acids is 1. The molecule has 0 radical (unpaired) electrons. The van der Waals surface area contributed by atoms with Crippen LogP contribution in [0.1, 0.15) is 101 Å². The number of rotatable bonds is 17. The van der Waals surface area contributed by atoms with Crippen LogP contribution in [-0.2, 0) is 4.79 Å². The summed E-state index contributed by atoms with van der Waals surface area (Å²) in [6, 6.07) is 9.08. The van der Waals surface area contributed by atoms with Crippen LogP contribution in [0.15, 0.2) is 42.5 Å². The third kappa shape index (κ3) is 11.0. The lowest BCUT2D eigenvalue weighted by Gasteiger charge is -2.25. The number of Topliss-reactive ketones (excluding diaryl/α,β-unsaturated/α-hetero) is 1. The normalized spacial score (nSPS) is 13.4. The lowest BCUT2D eigenvalue weighted by Crippen LogP contribution is -2.38. The van der Waals surface area contributed by atoms with Crippen LogP contribution in [0.3, 0.4) is 0 Å². The molecule has 0 bridgehead atoms. The number of aliphatic hydroxyl groups is 1.